The van der Waals surface area contributed by atoms with E-state index in [1.807, 2.05) is 25.1 Å². The van der Waals surface area contributed by atoms with Gasteiger partial charge < -0.3 is 9.88 Å². The van der Waals surface area contributed by atoms with Crippen molar-refractivity contribution >= 4 is 16.6 Å². The first-order valence-electron chi connectivity index (χ1n) is 13.6. The van der Waals surface area contributed by atoms with Crippen LogP contribution in [0.15, 0.2) is 71.5 Å². The molecule has 1 fully saturated rings. The molecule has 6 rings (SSSR count). The van der Waals surface area contributed by atoms with E-state index in [0.29, 0.717) is 17.9 Å². The molecule has 204 valence electrons. The maximum absolute atomic E-state index is 13.6. The van der Waals surface area contributed by atoms with Crippen molar-refractivity contribution in [1.82, 2.24) is 30.1 Å². The van der Waals surface area contributed by atoms with Gasteiger partial charge in [-0.2, -0.15) is 0 Å². The lowest BCUT2D eigenvalue weighted by molar-refractivity contribution is 0.200. The third-order valence-electron chi connectivity index (χ3n) is 7.76. The summed E-state index contributed by atoms with van der Waals surface area (Å²) in [5.74, 6) is 0.292. The van der Waals surface area contributed by atoms with Crippen molar-refractivity contribution in [3.8, 4) is 0 Å². The van der Waals surface area contributed by atoms with Crippen LogP contribution < -0.4 is 10.5 Å². The van der Waals surface area contributed by atoms with E-state index in [4.69, 9.17) is 0 Å². The quantitative estimate of drug-likeness (QED) is 0.343. The number of aromatic amines is 1. The lowest BCUT2D eigenvalue weighted by atomic mass is 10.0. The SMILES string of the molecule is Cc1ccc(C)c(N2CCN([C@@H](c3cc4cc(C)ccc4[nH]c3=O)c3nnnn3Cc3ccc(F)cc3)CC2)c1. The van der Waals surface area contributed by atoms with Crippen molar-refractivity contribution in [1.29, 1.82) is 0 Å². The smallest absolute Gasteiger partial charge is 0.253 e. The average Bonchev–Trinajstić information content (AvgIpc) is 3.40. The van der Waals surface area contributed by atoms with E-state index in [0.717, 1.165) is 48.2 Å². The number of fused-ring (bicyclic) bond motifs is 1. The number of anilines is 1. The standard InChI is InChI=1S/C31H32FN7O/c1-20-5-11-27-24(16-20)18-26(31(40)33-27)29(30-34-35-36-39(30)19-23-7-9-25(32)10-8-23)38-14-12-37(13-15-38)28-17-21(2)4-6-22(28)3/h4-11,16-18,29H,12-15,19H2,1-3H3,(H,33,40)/t29-/m0/s1. The number of pyridine rings is 1. The molecule has 0 radical (unpaired) electrons. The first-order chi connectivity index (χ1) is 19.4. The number of nitrogens with zero attached hydrogens (tertiary/aromatic N) is 6. The topological polar surface area (TPSA) is 82.9 Å². The van der Waals surface area contributed by atoms with Crippen LogP contribution in [-0.4, -0.2) is 56.3 Å². The Hall–Kier alpha value is -4.37. The molecular weight excluding hydrogens is 505 g/mol. The fourth-order valence-electron chi connectivity index (χ4n) is 5.61. The Morgan fingerprint density at radius 1 is 0.900 bits per heavy atom. The predicted molar refractivity (Wildman–Crippen MR) is 154 cm³/mol. The Morgan fingerprint density at radius 3 is 2.40 bits per heavy atom. The summed E-state index contributed by atoms with van der Waals surface area (Å²) < 4.78 is 15.3. The Balaban J connectivity index is 1.39. The van der Waals surface area contributed by atoms with E-state index in [1.165, 1.54) is 28.9 Å². The minimum Gasteiger partial charge on any atom is -0.369 e. The molecule has 1 saturated heterocycles. The first kappa shape index (κ1) is 25.9. The molecule has 1 aliphatic heterocycles. The van der Waals surface area contributed by atoms with Gasteiger partial charge in [-0.1, -0.05) is 35.9 Å². The van der Waals surface area contributed by atoms with Crippen molar-refractivity contribution < 1.29 is 4.39 Å². The van der Waals surface area contributed by atoms with Crippen LogP contribution in [0.3, 0.4) is 0 Å². The Kier molecular flexibility index (Phi) is 6.89. The van der Waals surface area contributed by atoms with Gasteiger partial charge in [0.2, 0.25) is 0 Å². The van der Waals surface area contributed by atoms with Crippen molar-refractivity contribution in [2.75, 3.05) is 31.1 Å². The van der Waals surface area contributed by atoms with Gasteiger partial charge in [0.15, 0.2) is 5.82 Å². The average molecular weight is 538 g/mol. The fraction of sp³-hybridized carbons (Fsp3) is 0.290. The molecule has 0 unspecified atom stereocenters. The number of hydrogen-bond donors (Lipinski definition) is 1. The highest BCUT2D eigenvalue weighted by Gasteiger charge is 2.33. The molecule has 0 spiro atoms. The minimum atomic E-state index is -0.454. The molecule has 1 atom stereocenters. The van der Waals surface area contributed by atoms with Gasteiger partial charge in [0.25, 0.3) is 5.56 Å². The van der Waals surface area contributed by atoms with Gasteiger partial charge in [-0.05, 0) is 89.7 Å². The van der Waals surface area contributed by atoms with Gasteiger partial charge in [0.05, 0.1) is 6.54 Å². The summed E-state index contributed by atoms with van der Waals surface area (Å²) in [6, 6.07) is 20.4. The number of tetrazole rings is 1. The molecule has 0 amide bonds. The molecule has 0 aliphatic carbocycles. The van der Waals surface area contributed by atoms with Crippen LogP contribution >= 0.6 is 0 Å². The zero-order valence-corrected chi connectivity index (χ0v) is 22.9. The van der Waals surface area contributed by atoms with Gasteiger partial charge >= 0.3 is 0 Å². The molecule has 9 heteroatoms. The summed E-state index contributed by atoms with van der Waals surface area (Å²) in [5, 5.41) is 13.7. The van der Waals surface area contributed by atoms with E-state index < -0.39 is 6.04 Å². The van der Waals surface area contributed by atoms with Gasteiger partial charge in [-0.15, -0.1) is 5.10 Å². The van der Waals surface area contributed by atoms with Crippen LogP contribution in [-0.2, 0) is 6.54 Å². The van der Waals surface area contributed by atoms with E-state index >= 15 is 0 Å². The Morgan fingerprint density at radius 2 is 1.62 bits per heavy atom. The minimum absolute atomic E-state index is 0.158. The van der Waals surface area contributed by atoms with Crippen molar-refractivity contribution in [3.63, 3.8) is 0 Å². The molecule has 0 saturated carbocycles. The van der Waals surface area contributed by atoms with Crippen molar-refractivity contribution in [2.24, 2.45) is 0 Å². The number of piperazine rings is 1. The number of aromatic nitrogens is 5. The molecule has 0 bridgehead atoms. The third-order valence-corrected chi connectivity index (χ3v) is 7.76. The van der Waals surface area contributed by atoms with Gasteiger partial charge in [-0.3, -0.25) is 9.69 Å². The van der Waals surface area contributed by atoms with Crippen LogP contribution in [0, 0.1) is 26.6 Å². The number of H-pyrrole nitrogens is 1. The highest BCUT2D eigenvalue weighted by atomic mass is 19.1. The number of hydrogen-bond acceptors (Lipinski definition) is 6. The van der Waals surface area contributed by atoms with Crippen LogP contribution in [0.5, 0.6) is 0 Å². The molecular formula is C31H32FN7O. The highest BCUT2D eigenvalue weighted by Crippen LogP contribution is 2.30. The number of nitrogens with one attached hydrogen (secondary N) is 1. The van der Waals surface area contributed by atoms with Crippen LogP contribution in [0.1, 0.15) is 39.7 Å². The fourth-order valence-corrected chi connectivity index (χ4v) is 5.61. The zero-order chi connectivity index (χ0) is 27.8. The number of benzene rings is 3. The second-order valence-electron chi connectivity index (χ2n) is 10.7. The second kappa shape index (κ2) is 10.7. The van der Waals surface area contributed by atoms with E-state index in [-0.39, 0.29) is 11.4 Å². The van der Waals surface area contributed by atoms with Crippen LogP contribution in [0.25, 0.3) is 10.9 Å². The van der Waals surface area contributed by atoms with Crippen molar-refractivity contribution in [2.45, 2.75) is 33.4 Å². The normalized spacial score (nSPS) is 15.1. The highest BCUT2D eigenvalue weighted by molar-refractivity contribution is 5.79. The third kappa shape index (κ3) is 5.12. The molecule has 1 N–H and O–H groups in total. The van der Waals surface area contributed by atoms with Crippen molar-refractivity contribution in [3.05, 3.63) is 117 Å². The van der Waals surface area contributed by atoms with Gasteiger partial charge in [-0.25, -0.2) is 9.07 Å². The van der Waals surface area contributed by atoms with Gasteiger partial charge in [0, 0.05) is 42.9 Å². The zero-order valence-electron chi connectivity index (χ0n) is 22.9. The van der Waals surface area contributed by atoms with E-state index in [9.17, 15) is 9.18 Å². The van der Waals surface area contributed by atoms with E-state index in [1.54, 1.807) is 16.8 Å². The van der Waals surface area contributed by atoms with Crippen LogP contribution in [0.2, 0.25) is 0 Å². The molecule has 40 heavy (non-hydrogen) atoms. The summed E-state index contributed by atoms with van der Waals surface area (Å²) in [7, 11) is 0. The molecule has 2 aromatic heterocycles. The van der Waals surface area contributed by atoms with Gasteiger partial charge in [0.1, 0.15) is 11.9 Å². The summed E-state index contributed by atoms with van der Waals surface area (Å²) in [6.45, 7) is 9.74. The lowest BCUT2D eigenvalue weighted by Gasteiger charge is -2.40. The Bertz CT molecular complexity index is 1720. The molecule has 3 aromatic carbocycles. The lowest BCUT2D eigenvalue weighted by Crippen LogP contribution is -2.49. The summed E-state index contributed by atoms with van der Waals surface area (Å²) in [5.41, 5.74) is 6.96. The first-order valence-corrected chi connectivity index (χ1v) is 13.6. The van der Waals surface area contributed by atoms with E-state index in [2.05, 4.69) is 68.4 Å². The summed E-state index contributed by atoms with van der Waals surface area (Å²) in [6.07, 6.45) is 0. The molecule has 5 aromatic rings. The molecule has 3 heterocycles. The summed E-state index contributed by atoms with van der Waals surface area (Å²) >= 11 is 0. The number of rotatable bonds is 6. The molecule has 8 nitrogen and oxygen atoms in total. The largest absolute Gasteiger partial charge is 0.369 e. The van der Waals surface area contributed by atoms with Crippen LogP contribution in [0.4, 0.5) is 10.1 Å². The predicted octanol–water partition coefficient (Wildman–Crippen LogP) is 4.54. The maximum atomic E-state index is 13.6. The second-order valence-corrected chi connectivity index (χ2v) is 10.7. The number of aryl methyl sites for hydroxylation is 3. The monoisotopic (exact) mass is 537 g/mol. The summed E-state index contributed by atoms with van der Waals surface area (Å²) in [4.78, 5) is 21.3. The maximum Gasteiger partial charge on any atom is 0.253 e. The number of halogens is 1. The Labute approximate surface area is 232 Å². The molecule has 1 aliphatic rings.